The van der Waals surface area contributed by atoms with E-state index in [1.54, 1.807) is 0 Å². The summed E-state index contributed by atoms with van der Waals surface area (Å²) in [6.07, 6.45) is 3.65. The van der Waals surface area contributed by atoms with Gasteiger partial charge in [0.15, 0.2) is 5.82 Å². The van der Waals surface area contributed by atoms with Crippen LogP contribution in [0.4, 0.5) is 5.82 Å². The molecule has 0 radical (unpaired) electrons. The number of ether oxygens (including phenoxy) is 1. The molecule has 1 fully saturated rings. The fourth-order valence-corrected chi connectivity index (χ4v) is 2.64. The molecule has 0 spiro atoms. The molecule has 1 aromatic rings. The fraction of sp³-hybridized carbons (Fsp3) is 0.667. The van der Waals surface area contributed by atoms with Gasteiger partial charge in [-0.1, -0.05) is 6.92 Å². The number of aromatic amines is 1. The molecule has 0 saturated carbocycles. The lowest BCUT2D eigenvalue weighted by Crippen LogP contribution is -2.49. The number of methoxy groups -OCH3 is 1. The smallest absolute Gasteiger partial charge is 0.295 e. The molecule has 2 rings (SSSR count). The number of nitrogens with zero attached hydrogens (tertiary/aromatic N) is 2. The van der Waals surface area contributed by atoms with Crippen molar-refractivity contribution in [2.24, 2.45) is 11.7 Å². The molecule has 0 aliphatic carbocycles. The topological polar surface area (TPSA) is 84.2 Å². The van der Waals surface area contributed by atoms with Gasteiger partial charge in [-0.25, -0.2) is 4.98 Å². The molecule has 3 N–H and O–H groups in total. The fourth-order valence-electron chi connectivity index (χ4n) is 2.64. The average Bonchev–Trinajstić information content (AvgIpc) is 2.38. The average molecular weight is 252 g/mol. The first-order valence-corrected chi connectivity index (χ1v) is 6.27. The summed E-state index contributed by atoms with van der Waals surface area (Å²) < 4.78 is 5.17. The van der Waals surface area contributed by atoms with Gasteiger partial charge in [-0.15, -0.1) is 0 Å². The Balaban J connectivity index is 2.40. The van der Waals surface area contributed by atoms with E-state index in [-0.39, 0.29) is 17.4 Å². The minimum atomic E-state index is -0.253. The molecule has 0 amide bonds. The zero-order chi connectivity index (χ0) is 13.1. The second-order valence-electron chi connectivity index (χ2n) is 4.70. The van der Waals surface area contributed by atoms with E-state index in [2.05, 4.69) is 21.8 Å². The Morgan fingerprint density at radius 2 is 2.44 bits per heavy atom. The van der Waals surface area contributed by atoms with Gasteiger partial charge in [0.25, 0.3) is 5.56 Å². The van der Waals surface area contributed by atoms with Gasteiger partial charge in [-0.2, -0.15) is 0 Å². The minimum absolute atomic E-state index is 0.210. The SMILES string of the molecule is COc1c(N2CCCC(C)C2CN)nc[nH]c1=O. The number of piperidine rings is 1. The molecule has 100 valence electrons. The quantitative estimate of drug-likeness (QED) is 0.810. The number of nitrogens with one attached hydrogen (secondary N) is 1. The van der Waals surface area contributed by atoms with E-state index in [1.165, 1.54) is 13.4 Å². The predicted octanol–water partition coefficient (Wildman–Crippen LogP) is 0.342. The summed E-state index contributed by atoms with van der Waals surface area (Å²) in [7, 11) is 1.49. The van der Waals surface area contributed by atoms with Gasteiger partial charge in [0.1, 0.15) is 0 Å². The lowest BCUT2D eigenvalue weighted by Gasteiger charge is -2.40. The maximum absolute atomic E-state index is 11.7. The summed E-state index contributed by atoms with van der Waals surface area (Å²) in [4.78, 5) is 20.6. The molecule has 2 heterocycles. The van der Waals surface area contributed by atoms with Gasteiger partial charge in [0, 0.05) is 19.1 Å². The molecule has 1 aromatic heterocycles. The number of rotatable bonds is 3. The lowest BCUT2D eigenvalue weighted by molar-refractivity contribution is 0.340. The van der Waals surface area contributed by atoms with Crippen LogP contribution in [-0.2, 0) is 0 Å². The van der Waals surface area contributed by atoms with Crippen molar-refractivity contribution in [1.29, 1.82) is 0 Å². The first kappa shape index (κ1) is 12.9. The summed E-state index contributed by atoms with van der Waals surface area (Å²) in [6.45, 7) is 3.60. The Morgan fingerprint density at radius 1 is 1.67 bits per heavy atom. The number of anilines is 1. The number of aromatic nitrogens is 2. The first-order valence-electron chi connectivity index (χ1n) is 6.27. The van der Waals surface area contributed by atoms with Gasteiger partial charge < -0.3 is 20.4 Å². The Labute approximate surface area is 106 Å². The third-order valence-corrected chi connectivity index (χ3v) is 3.63. The van der Waals surface area contributed by atoms with Gasteiger partial charge in [0.2, 0.25) is 5.75 Å². The van der Waals surface area contributed by atoms with Crippen molar-refractivity contribution in [2.45, 2.75) is 25.8 Å². The van der Waals surface area contributed by atoms with Crippen LogP contribution in [-0.4, -0.2) is 36.2 Å². The van der Waals surface area contributed by atoms with E-state index in [0.29, 0.717) is 18.3 Å². The molecule has 0 aromatic carbocycles. The maximum atomic E-state index is 11.7. The summed E-state index contributed by atoms with van der Waals surface area (Å²) in [5, 5.41) is 0. The van der Waals surface area contributed by atoms with Gasteiger partial charge in [-0.3, -0.25) is 4.79 Å². The highest BCUT2D eigenvalue weighted by Crippen LogP contribution is 2.30. The zero-order valence-electron chi connectivity index (χ0n) is 10.8. The molecule has 1 aliphatic rings. The van der Waals surface area contributed by atoms with Crippen molar-refractivity contribution >= 4 is 5.82 Å². The number of hydrogen-bond acceptors (Lipinski definition) is 5. The van der Waals surface area contributed by atoms with Crippen molar-refractivity contribution in [2.75, 3.05) is 25.1 Å². The van der Waals surface area contributed by atoms with Gasteiger partial charge in [-0.05, 0) is 18.8 Å². The van der Waals surface area contributed by atoms with E-state index in [9.17, 15) is 4.79 Å². The Kier molecular flexibility index (Phi) is 3.86. The normalized spacial score (nSPS) is 24.1. The van der Waals surface area contributed by atoms with E-state index in [1.807, 2.05) is 0 Å². The number of hydrogen-bond donors (Lipinski definition) is 2. The van der Waals surface area contributed by atoms with Crippen molar-refractivity contribution < 1.29 is 4.74 Å². The highest BCUT2D eigenvalue weighted by Gasteiger charge is 2.30. The zero-order valence-corrected chi connectivity index (χ0v) is 10.8. The molecular weight excluding hydrogens is 232 g/mol. The van der Waals surface area contributed by atoms with Crippen molar-refractivity contribution in [3.8, 4) is 5.75 Å². The summed E-state index contributed by atoms with van der Waals surface area (Å²) in [5.41, 5.74) is 5.60. The van der Waals surface area contributed by atoms with Gasteiger partial charge >= 0.3 is 0 Å². The second kappa shape index (κ2) is 5.39. The van der Waals surface area contributed by atoms with Crippen molar-refractivity contribution in [1.82, 2.24) is 9.97 Å². The van der Waals surface area contributed by atoms with Crippen LogP contribution in [0.5, 0.6) is 5.75 Å². The summed E-state index contributed by atoms with van der Waals surface area (Å²) in [6, 6.07) is 0.210. The van der Waals surface area contributed by atoms with Crippen LogP contribution in [0.25, 0.3) is 0 Å². The first-order chi connectivity index (χ1) is 8.69. The van der Waals surface area contributed by atoms with Crippen LogP contribution in [0.2, 0.25) is 0 Å². The Bertz CT molecular complexity index is 460. The third kappa shape index (κ3) is 2.20. The van der Waals surface area contributed by atoms with E-state index in [0.717, 1.165) is 19.4 Å². The molecule has 2 atom stereocenters. The molecule has 6 heteroatoms. The van der Waals surface area contributed by atoms with Crippen LogP contribution in [0.15, 0.2) is 11.1 Å². The third-order valence-electron chi connectivity index (χ3n) is 3.63. The molecule has 2 unspecified atom stereocenters. The Hall–Kier alpha value is -1.56. The highest BCUT2D eigenvalue weighted by atomic mass is 16.5. The number of H-pyrrole nitrogens is 1. The van der Waals surface area contributed by atoms with Crippen LogP contribution >= 0.6 is 0 Å². The minimum Gasteiger partial charge on any atom is -0.489 e. The van der Waals surface area contributed by atoms with Gasteiger partial charge in [0.05, 0.1) is 13.4 Å². The van der Waals surface area contributed by atoms with Crippen LogP contribution in [0.1, 0.15) is 19.8 Å². The largest absolute Gasteiger partial charge is 0.489 e. The van der Waals surface area contributed by atoms with E-state index in [4.69, 9.17) is 10.5 Å². The number of nitrogens with two attached hydrogens (primary N) is 1. The van der Waals surface area contributed by atoms with Crippen molar-refractivity contribution in [3.63, 3.8) is 0 Å². The molecule has 6 nitrogen and oxygen atoms in total. The lowest BCUT2D eigenvalue weighted by atomic mass is 9.91. The molecule has 0 bridgehead atoms. The highest BCUT2D eigenvalue weighted by molar-refractivity contribution is 5.52. The Morgan fingerprint density at radius 3 is 3.11 bits per heavy atom. The standard InChI is InChI=1S/C12H20N4O2/c1-8-4-3-5-16(9(8)6-13)11-10(18-2)12(17)15-7-14-11/h7-9H,3-6,13H2,1-2H3,(H,14,15,17). The van der Waals surface area contributed by atoms with E-state index < -0.39 is 0 Å². The predicted molar refractivity (Wildman–Crippen MR) is 70.0 cm³/mol. The molecular formula is C12H20N4O2. The summed E-state index contributed by atoms with van der Waals surface area (Å²) in [5.74, 6) is 1.36. The monoisotopic (exact) mass is 252 g/mol. The molecule has 1 saturated heterocycles. The molecule has 18 heavy (non-hydrogen) atoms. The van der Waals surface area contributed by atoms with Crippen LogP contribution in [0, 0.1) is 5.92 Å². The van der Waals surface area contributed by atoms with Crippen LogP contribution in [0.3, 0.4) is 0 Å². The second-order valence-corrected chi connectivity index (χ2v) is 4.70. The molecule has 1 aliphatic heterocycles. The van der Waals surface area contributed by atoms with Crippen molar-refractivity contribution in [3.05, 3.63) is 16.7 Å². The van der Waals surface area contributed by atoms with Crippen LogP contribution < -0.4 is 20.9 Å². The van der Waals surface area contributed by atoms with E-state index >= 15 is 0 Å². The summed E-state index contributed by atoms with van der Waals surface area (Å²) >= 11 is 0. The maximum Gasteiger partial charge on any atom is 0.295 e.